The summed E-state index contributed by atoms with van der Waals surface area (Å²) < 4.78 is 17.9. The van der Waals surface area contributed by atoms with Crippen LogP contribution >= 0.6 is 11.6 Å². The van der Waals surface area contributed by atoms with Crippen LogP contribution < -0.4 is 5.32 Å². The summed E-state index contributed by atoms with van der Waals surface area (Å²) in [4.78, 5) is 23.8. The molecule has 0 aliphatic carbocycles. The van der Waals surface area contributed by atoms with Gasteiger partial charge in [-0.25, -0.2) is 4.39 Å². The van der Waals surface area contributed by atoms with Crippen molar-refractivity contribution in [3.05, 3.63) is 64.9 Å². The smallest absolute Gasteiger partial charge is 0.311 e. The van der Waals surface area contributed by atoms with Gasteiger partial charge in [0.15, 0.2) is 6.10 Å². The maximum Gasteiger partial charge on any atom is 0.311 e. The molecule has 0 aromatic heterocycles. The SMILES string of the molecule is CC(OC(=O)Cc1ccc(F)cc1)C(=O)Nc1ccccc1Cl. The molecule has 0 radical (unpaired) electrons. The molecule has 2 aromatic rings. The standard InChI is InChI=1S/C17H15ClFNO3/c1-11(17(22)20-15-5-3-2-4-14(15)18)23-16(21)10-12-6-8-13(19)9-7-12/h2-9,11H,10H2,1H3,(H,20,22). The number of hydrogen-bond acceptors (Lipinski definition) is 3. The normalized spacial score (nSPS) is 11.6. The van der Waals surface area contributed by atoms with Crippen LogP contribution in [0.15, 0.2) is 48.5 Å². The molecule has 0 aliphatic rings. The molecule has 2 rings (SSSR count). The fraction of sp³-hybridized carbons (Fsp3) is 0.176. The van der Waals surface area contributed by atoms with Crippen LogP contribution in [-0.4, -0.2) is 18.0 Å². The zero-order valence-electron chi connectivity index (χ0n) is 12.4. The Kier molecular flexibility index (Phi) is 5.71. The van der Waals surface area contributed by atoms with E-state index in [0.29, 0.717) is 16.3 Å². The van der Waals surface area contributed by atoms with Crippen molar-refractivity contribution < 1.29 is 18.7 Å². The summed E-state index contributed by atoms with van der Waals surface area (Å²) in [6.07, 6.45) is -1.01. The van der Waals surface area contributed by atoms with Crippen LogP contribution in [0.3, 0.4) is 0 Å². The number of hydrogen-bond donors (Lipinski definition) is 1. The minimum Gasteiger partial charge on any atom is -0.452 e. The van der Waals surface area contributed by atoms with Crippen LogP contribution in [0.2, 0.25) is 5.02 Å². The predicted molar refractivity (Wildman–Crippen MR) is 85.7 cm³/mol. The lowest BCUT2D eigenvalue weighted by molar-refractivity contribution is -0.152. The van der Waals surface area contributed by atoms with E-state index in [4.69, 9.17) is 16.3 Å². The Morgan fingerprint density at radius 2 is 1.83 bits per heavy atom. The molecule has 0 heterocycles. The van der Waals surface area contributed by atoms with Crippen LogP contribution in [0.4, 0.5) is 10.1 Å². The topological polar surface area (TPSA) is 55.4 Å². The Balaban J connectivity index is 1.89. The molecule has 1 atom stereocenters. The number of benzene rings is 2. The Bertz CT molecular complexity index is 703. The molecule has 0 bridgehead atoms. The molecule has 120 valence electrons. The second-order valence-corrected chi connectivity index (χ2v) is 5.31. The quantitative estimate of drug-likeness (QED) is 0.849. The third-order valence-electron chi connectivity index (χ3n) is 3.07. The average Bonchev–Trinajstić information content (AvgIpc) is 2.51. The molecule has 0 fully saturated rings. The molecule has 23 heavy (non-hydrogen) atoms. The fourth-order valence-electron chi connectivity index (χ4n) is 1.86. The second-order valence-electron chi connectivity index (χ2n) is 4.90. The summed E-state index contributed by atoms with van der Waals surface area (Å²) in [6, 6.07) is 12.3. The van der Waals surface area contributed by atoms with Gasteiger partial charge < -0.3 is 10.1 Å². The van der Waals surface area contributed by atoms with Crippen LogP contribution in [0, 0.1) is 5.82 Å². The van der Waals surface area contributed by atoms with Crippen LogP contribution in [0.25, 0.3) is 0 Å². The Morgan fingerprint density at radius 3 is 2.48 bits per heavy atom. The number of esters is 1. The highest BCUT2D eigenvalue weighted by atomic mass is 35.5. The van der Waals surface area contributed by atoms with E-state index in [1.807, 2.05) is 0 Å². The van der Waals surface area contributed by atoms with Crippen molar-refractivity contribution >= 4 is 29.2 Å². The molecule has 0 aliphatic heterocycles. The summed E-state index contributed by atoms with van der Waals surface area (Å²) in [5.74, 6) is -1.43. The van der Waals surface area contributed by atoms with Crippen molar-refractivity contribution in [2.75, 3.05) is 5.32 Å². The molecule has 2 aromatic carbocycles. The van der Waals surface area contributed by atoms with Gasteiger partial charge in [-0.2, -0.15) is 0 Å². The summed E-state index contributed by atoms with van der Waals surface area (Å²) >= 11 is 5.95. The van der Waals surface area contributed by atoms with E-state index in [1.165, 1.54) is 31.2 Å². The number of nitrogens with one attached hydrogen (secondary N) is 1. The highest BCUT2D eigenvalue weighted by molar-refractivity contribution is 6.33. The number of rotatable bonds is 5. The molecule has 4 nitrogen and oxygen atoms in total. The summed E-state index contributed by atoms with van der Waals surface area (Å²) in [5, 5.41) is 2.98. The first-order valence-corrected chi connectivity index (χ1v) is 7.33. The summed E-state index contributed by atoms with van der Waals surface area (Å²) in [7, 11) is 0. The van der Waals surface area contributed by atoms with Crippen molar-refractivity contribution in [2.45, 2.75) is 19.4 Å². The van der Waals surface area contributed by atoms with Gasteiger partial charge in [-0.1, -0.05) is 35.9 Å². The Morgan fingerprint density at radius 1 is 1.17 bits per heavy atom. The number of para-hydroxylation sites is 1. The molecular formula is C17H15ClFNO3. The maximum atomic E-state index is 12.8. The highest BCUT2D eigenvalue weighted by Crippen LogP contribution is 2.20. The van der Waals surface area contributed by atoms with Crippen LogP contribution in [0.5, 0.6) is 0 Å². The summed E-state index contributed by atoms with van der Waals surface area (Å²) in [5.41, 5.74) is 1.05. The third kappa shape index (κ3) is 5.07. The fourth-order valence-corrected chi connectivity index (χ4v) is 2.04. The van der Waals surface area contributed by atoms with Crippen molar-refractivity contribution in [1.82, 2.24) is 0 Å². The van der Waals surface area contributed by atoms with E-state index < -0.39 is 18.0 Å². The highest BCUT2D eigenvalue weighted by Gasteiger charge is 2.18. The van der Waals surface area contributed by atoms with Gasteiger partial charge in [0.25, 0.3) is 5.91 Å². The van der Waals surface area contributed by atoms with E-state index in [9.17, 15) is 14.0 Å². The van der Waals surface area contributed by atoms with Crippen molar-refractivity contribution in [1.29, 1.82) is 0 Å². The molecule has 0 saturated carbocycles. The lowest BCUT2D eigenvalue weighted by Crippen LogP contribution is -2.30. The largest absolute Gasteiger partial charge is 0.452 e. The van der Waals surface area contributed by atoms with Gasteiger partial charge in [-0.3, -0.25) is 9.59 Å². The van der Waals surface area contributed by atoms with Gasteiger partial charge in [-0.05, 0) is 36.8 Å². The van der Waals surface area contributed by atoms with Crippen molar-refractivity contribution in [3.63, 3.8) is 0 Å². The number of ether oxygens (including phenoxy) is 1. The number of anilines is 1. The Hall–Kier alpha value is -2.40. The second kappa shape index (κ2) is 7.74. The third-order valence-corrected chi connectivity index (χ3v) is 3.40. The van der Waals surface area contributed by atoms with Crippen molar-refractivity contribution in [2.24, 2.45) is 0 Å². The zero-order chi connectivity index (χ0) is 16.8. The first kappa shape index (κ1) is 17.0. The van der Waals surface area contributed by atoms with E-state index in [2.05, 4.69) is 5.32 Å². The van der Waals surface area contributed by atoms with Gasteiger partial charge in [0.05, 0.1) is 17.1 Å². The minimum absolute atomic E-state index is 0.0377. The predicted octanol–water partition coefficient (Wildman–Crippen LogP) is 3.59. The molecule has 6 heteroatoms. The number of carbonyl (C=O) groups is 2. The molecule has 1 unspecified atom stereocenters. The number of amides is 1. The van der Waals surface area contributed by atoms with Crippen molar-refractivity contribution in [3.8, 4) is 0 Å². The molecule has 0 saturated heterocycles. The van der Waals surface area contributed by atoms with E-state index in [0.717, 1.165) is 0 Å². The molecular weight excluding hydrogens is 321 g/mol. The number of halogens is 2. The van der Waals surface area contributed by atoms with Gasteiger partial charge >= 0.3 is 5.97 Å². The molecule has 1 amide bonds. The minimum atomic E-state index is -0.973. The molecule has 0 spiro atoms. The summed E-state index contributed by atoms with van der Waals surface area (Å²) in [6.45, 7) is 1.47. The van der Waals surface area contributed by atoms with Gasteiger partial charge in [0.2, 0.25) is 0 Å². The first-order chi connectivity index (χ1) is 11.0. The number of carbonyl (C=O) groups excluding carboxylic acids is 2. The van der Waals surface area contributed by atoms with E-state index >= 15 is 0 Å². The van der Waals surface area contributed by atoms with Crippen LogP contribution in [0.1, 0.15) is 12.5 Å². The van der Waals surface area contributed by atoms with E-state index in [1.54, 1.807) is 24.3 Å². The lowest BCUT2D eigenvalue weighted by atomic mass is 10.1. The maximum absolute atomic E-state index is 12.8. The van der Waals surface area contributed by atoms with Gasteiger partial charge in [0.1, 0.15) is 5.82 Å². The zero-order valence-corrected chi connectivity index (χ0v) is 13.1. The lowest BCUT2D eigenvalue weighted by Gasteiger charge is -2.14. The monoisotopic (exact) mass is 335 g/mol. The Labute approximate surface area is 138 Å². The van der Waals surface area contributed by atoms with E-state index in [-0.39, 0.29) is 12.2 Å². The first-order valence-electron chi connectivity index (χ1n) is 6.95. The van der Waals surface area contributed by atoms with Gasteiger partial charge in [-0.15, -0.1) is 0 Å². The van der Waals surface area contributed by atoms with Crippen LogP contribution in [-0.2, 0) is 20.7 Å². The average molecular weight is 336 g/mol. The molecule has 1 N–H and O–H groups in total. The van der Waals surface area contributed by atoms with Gasteiger partial charge in [0, 0.05) is 0 Å².